The molecule has 0 atom stereocenters. The van der Waals surface area contributed by atoms with Crippen LogP contribution in [0.2, 0.25) is 0 Å². The second-order valence-corrected chi connectivity index (χ2v) is 11.3. The molecular weight excluding hydrogens is 772 g/mol. The summed E-state index contributed by atoms with van der Waals surface area (Å²) in [5, 5.41) is 2.21. The summed E-state index contributed by atoms with van der Waals surface area (Å²) in [6.45, 7) is 0. The first-order chi connectivity index (χ1) is 23.3. The quantitative estimate of drug-likeness (QED) is 0.124. The van der Waals surface area contributed by atoms with Gasteiger partial charge in [0.2, 0.25) is 0 Å². The van der Waals surface area contributed by atoms with E-state index in [1.807, 2.05) is 89.5 Å². The van der Waals surface area contributed by atoms with Gasteiger partial charge < -0.3 is 13.9 Å². The molecule has 3 aromatic heterocycles. The molecule has 0 bridgehead atoms. The molecule has 9 rings (SSSR count). The molecule has 5 nitrogen and oxygen atoms in total. The van der Waals surface area contributed by atoms with Gasteiger partial charge in [0.15, 0.2) is 0 Å². The van der Waals surface area contributed by atoms with Crippen LogP contribution >= 0.6 is 0 Å². The third-order valence-corrected chi connectivity index (χ3v) is 8.38. The minimum atomic E-state index is 0. The maximum absolute atomic E-state index is 6.45. The number of ether oxygens (including phenoxy) is 1. The molecule has 48 heavy (non-hydrogen) atoms. The summed E-state index contributed by atoms with van der Waals surface area (Å²) in [6, 6.07) is 60.3. The molecule has 0 amide bonds. The summed E-state index contributed by atoms with van der Waals surface area (Å²) < 4.78 is 12.7. The van der Waals surface area contributed by atoms with E-state index in [-0.39, 0.29) is 21.1 Å². The predicted molar refractivity (Wildman–Crippen MR) is 185 cm³/mol. The molecule has 0 aliphatic carbocycles. The monoisotopic (exact) mass is 797 g/mol. The van der Waals surface area contributed by atoms with Crippen molar-refractivity contribution in [3.8, 4) is 39.9 Å². The van der Waals surface area contributed by atoms with E-state index in [0.717, 1.165) is 61.3 Å². The molecule has 0 aliphatic heterocycles. The molecule has 6 heteroatoms. The number of fused-ring (bicyclic) bond motifs is 4. The standard InChI is InChI=1S/C42H26N4O.Pt/c1-3-13-30(14-4-1)37-20-12-24-42(43-37)46-38-21-8-7-19-35(38)36-26-25-34(28-41(36)46)47-33-18-11-17-32(27-33)45-29-44(31-15-5-2-6-16-31)39-22-9-10-23-40(39)45;/h1-26H;/q-2;. The predicted octanol–water partition coefficient (Wildman–Crippen LogP) is 9.26. The molecule has 0 aliphatic rings. The molecular formula is C42H26N4OPt-2. The Morgan fingerprint density at radius 1 is 0.562 bits per heavy atom. The van der Waals surface area contributed by atoms with E-state index in [2.05, 4.69) is 100 Å². The Morgan fingerprint density at radius 3 is 2.12 bits per heavy atom. The number of hydrogen-bond acceptors (Lipinski definition) is 2. The van der Waals surface area contributed by atoms with Crippen molar-refractivity contribution in [3.63, 3.8) is 0 Å². The first-order valence-corrected chi connectivity index (χ1v) is 15.5. The zero-order valence-electron chi connectivity index (χ0n) is 25.5. The number of benzene rings is 6. The molecule has 0 saturated heterocycles. The Kier molecular flexibility index (Phi) is 7.68. The van der Waals surface area contributed by atoms with E-state index in [1.54, 1.807) is 0 Å². The molecule has 0 spiro atoms. The minimum Gasteiger partial charge on any atom is -0.510 e. The first-order valence-electron chi connectivity index (χ1n) is 15.5. The van der Waals surface area contributed by atoms with Crippen LogP contribution in [0.15, 0.2) is 158 Å². The van der Waals surface area contributed by atoms with Crippen LogP contribution in [0.1, 0.15) is 0 Å². The van der Waals surface area contributed by atoms with Crippen molar-refractivity contribution in [3.05, 3.63) is 176 Å². The van der Waals surface area contributed by atoms with Crippen molar-refractivity contribution in [1.82, 2.24) is 14.1 Å². The Labute approximate surface area is 292 Å². The fraction of sp³-hybridized carbons (Fsp3) is 0. The molecule has 6 aromatic carbocycles. The number of hydrogen-bond donors (Lipinski definition) is 0. The van der Waals surface area contributed by atoms with Crippen LogP contribution in [0.3, 0.4) is 0 Å². The third kappa shape index (κ3) is 5.19. The second-order valence-electron chi connectivity index (χ2n) is 11.3. The van der Waals surface area contributed by atoms with Gasteiger partial charge in [-0.1, -0.05) is 103 Å². The number of rotatable bonds is 6. The SMILES string of the molecule is [Pt].[c-]1c(Oc2[c-]c3c(cc2)c2ccccc2n3-c2cccc(-c3ccccc3)n2)cccc1-n1[c-][n+](-c2ccccc2)c2ccccc21. The van der Waals surface area contributed by atoms with Crippen molar-refractivity contribution in [2.24, 2.45) is 0 Å². The largest absolute Gasteiger partial charge is 0.510 e. The smallest absolute Gasteiger partial charge is 0.268 e. The van der Waals surface area contributed by atoms with Crippen LogP contribution in [-0.4, -0.2) is 14.1 Å². The average Bonchev–Trinajstić information content (AvgIpc) is 3.69. The molecule has 0 radical (unpaired) electrons. The molecule has 0 N–H and O–H groups in total. The summed E-state index contributed by atoms with van der Waals surface area (Å²) in [4.78, 5) is 5.08. The maximum Gasteiger partial charge on any atom is 0.268 e. The van der Waals surface area contributed by atoms with E-state index in [4.69, 9.17) is 9.72 Å². The van der Waals surface area contributed by atoms with E-state index in [0.29, 0.717) is 11.5 Å². The third-order valence-electron chi connectivity index (χ3n) is 8.38. The van der Waals surface area contributed by atoms with Crippen LogP contribution in [0.25, 0.3) is 61.3 Å². The molecule has 9 aromatic rings. The number of pyridine rings is 1. The van der Waals surface area contributed by atoms with Gasteiger partial charge in [-0.3, -0.25) is 4.57 Å². The molecule has 0 saturated carbocycles. The summed E-state index contributed by atoms with van der Waals surface area (Å²) in [7, 11) is 0. The number of nitrogens with zero attached hydrogens (tertiary/aromatic N) is 4. The van der Waals surface area contributed by atoms with Gasteiger partial charge in [0.1, 0.15) is 5.82 Å². The van der Waals surface area contributed by atoms with Gasteiger partial charge >= 0.3 is 0 Å². The van der Waals surface area contributed by atoms with Gasteiger partial charge in [0.05, 0.1) is 22.4 Å². The van der Waals surface area contributed by atoms with Gasteiger partial charge in [0.25, 0.3) is 6.33 Å². The number of para-hydroxylation sites is 4. The number of imidazole rings is 1. The zero-order chi connectivity index (χ0) is 31.2. The molecule has 3 heterocycles. The summed E-state index contributed by atoms with van der Waals surface area (Å²) in [5.41, 5.74) is 7.87. The molecule has 0 fully saturated rings. The zero-order valence-corrected chi connectivity index (χ0v) is 27.8. The van der Waals surface area contributed by atoms with Crippen LogP contribution in [-0.2, 0) is 21.1 Å². The topological polar surface area (TPSA) is 35.9 Å². The van der Waals surface area contributed by atoms with Crippen LogP contribution in [0, 0.1) is 18.5 Å². The Morgan fingerprint density at radius 2 is 1.27 bits per heavy atom. The Balaban J connectivity index is 0.00000336. The van der Waals surface area contributed by atoms with Crippen molar-refractivity contribution < 1.29 is 30.4 Å². The van der Waals surface area contributed by atoms with Crippen molar-refractivity contribution in [2.45, 2.75) is 0 Å². The minimum absolute atomic E-state index is 0. The first kappa shape index (κ1) is 29.6. The van der Waals surface area contributed by atoms with Crippen LogP contribution < -0.4 is 9.30 Å². The van der Waals surface area contributed by atoms with E-state index in [9.17, 15) is 0 Å². The van der Waals surface area contributed by atoms with E-state index >= 15 is 0 Å². The summed E-state index contributed by atoms with van der Waals surface area (Å²) >= 11 is 0. The fourth-order valence-electron chi connectivity index (χ4n) is 6.24. The fourth-order valence-corrected chi connectivity index (χ4v) is 6.24. The van der Waals surface area contributed by atoms with Gasteiger partial charge in [-0.25, -0.2) is 4.98 Å². The Bertz CT molecular complexity index is 2560. The van der Waals surface area contributed by atoms with Gasteiger partial charge in [-0.2, -0.15) is 18.2 Å². The second kappa shape index (κ2) is 12.4. The summed E-state index contributed by atoms with van der Waals surface area (Å²) in [5.74, 6) is 2.00. The van der Waals surface area contributed by atoms with Gasteiger partial charge in [0, 0.05) is 43.6 Å². The van der Waals surface area contributed by atoms with Crippen molar-refractivity contribution >= 4 is 32.8 Å². The van der Waals surface area contributed by atoms with E-state index < -0.39 is 0 Å². The maximum atomic E-state index is 6.45. The van der Waals surface area contributed by atoms with Crippen LogP contribution in [0.5, 0.6) is 11.5 Å². The van der Waals surface area contributed by atoms with Gasteiger partial charge in [-0.15, -0.1) is 29.7 Å². The van der Waals surface area contributed by atoms with Crippen molar-refractivity contribution in [1.29, 1.82) is 0 Å². The molecule has 232 valence electrons. The van der Waals surface area contributed by atoms with Gasteiger partial charge in [-0.05, 0) is 41.4 Å². The van der Waals surface area contributed by atoms with E-state index in [1.165, 1.54) is 0 Å². The van der Waals surface area contributed by atoms with Crippen molar-refractivity contribution in [2.75, 3.05) is 0 Å². The average molecular weight is 798 g/mol. The molecule has 0 unspecified atom stereocenters. The Hall–Kier alpha value is -5.77. The number of aromatic nitrogens is 4. The normalized spacial score (nSPS) is 11.2. The summed E-state index contributed by atoms with van der Waals surface area (Å²) in [6.07, 6.45) is 3.52. The van der Waals surface area contributed by atoms with Crippen LogP contribution in [0.4, 0.5) is 0 Å².